The Kier molecular flexibility index (Phi) is 3.80. The number of rotatable bonds is 4. The molecular weight excluding hydrogens is 270 g/mol. The average Bonchev–Trinajstić information content (AvgIpc) is 2.87. The number of nitrogens with zero attached hydrogens (tertiary/aromatic N) is 1. The predicted octanol–water partition coefficient (Wildman–Crippen LogP) is 2.75. The van der Waals surface area contributed by atoms with Crippen LogP contribution in [-0.2, 0) is 4.79 Å². The molecule has 1 fully saturated rings. The molecule has 0 atom stereocenters. The van der Waals surface area contributed by atoms with E-state index in [1.807, 2.05) is 43.6 Å². The van der Waals surface area contributed by atoms with Crippen molar-refractivity contribution in [1.82, 2.24) is 10.3 Å². The molecule has 1 amide bonds. The van der Waals surface area contributed by atoms with Gasteiger partial charge in [-0.15, -0.1) is 0 Å². The molecule has 0 aliphatic heterocycles. The minimum Gasteiger partial charge on any atom is -0.317 e. The molecule has 1 aliphatic carbocycles. The standard InChI is InChI=1S/C15H17N3OS/c1-16-12-7-11(8-12)14(19)18-15-17-9-13(20-15)10-5-3-2-4-6-10/h2-6,9,11-12,16H,7-8H2,1H3,(H,17,18,19)/t11-,12+. The van der Waals surface area contributed by atoms with E-state index in [0.29, 0.717) is 11.2 Å². The van der Waals surface area contributed by atoms with Gasteiger partial charge < -0.3 is 10.6 Å². The van der Waals surface area contributed by atoms with Gasteiger partial charge in [0, 0.05) is 18.2 Å². The van der Waals surface area contributed by atoms with Crippen molar-refractivity contribution >= 4 is 22.4 Å². The number of amides is 1. The molecule has 0 unspecified atom stereocenters. The first-order chi connectivity index (χ1) is 9.76. The third kappa shape index (κ3) is 2.73. The Balaban J connectivity index is 1.62. The smallest absolute Gasteiger partial charge is 0.229 e. The van der Waals surface area contributed by atoms with Gasteiger partial charge in [0.1, 0.15) is 0 Å². The van der Waals surface area contributed by atoms with Gasteiger partial charge in [0.2, 0.25) is 5.91 Å². The number of aromatic nitrogens is 1. The molecule has 0 radical (unpaired) electrons. The first-order valence-electron chi connectivity index (χ1n) is 6.75. The summed E-state index contributed by atoms with van der Waals surface area (Å²) in [6, 6.07) is 10.6. The normalized spacial score (nSPS) is 21.2. The summed E-state index contributed by atoms with van der Waals surface area (Å²) in [4.78, 5) is 17.4. The summed E-state index contributed by atoms with van der Waals surface area (Å²) in [7, 11) is 1.94. The van der Waals surface area contributed by atoms with Gasteiger partial charge in [-0.05, 0) is 25.5 Å². The maximum absolute atomic E-state index is 12.0. The molecule has 104 valence electrons. The number of hydrogen-bond acceptors (Lipinski definition) is 4. The van der Waals surface area contributed by atoms with E-state index in [9.17, 15) is 4.79 Å². The Labute approximate surface area is 122 Å². The quantitative estimate of drug-likeness (QED) is 0.909. The number of anilines is 1. The fourth-order valence-electron chi connectivity index (χ4n) is 2.34. The minimum absolute atomic E-state index is 0.0884. The van der Waals surface area contributed by atoms with Crippen molar-refractivity contribution in [3.8, 4) is 10.4 Å². The Morgan fingerprint density at radius 3 is 2.75 bits per heavy atom. The Hall–Kier alpha value is -1.72. The Morgan fingerprint density at radius 2 is 2.05 bits per heavy atom. The largest absolute Gasteiger partial charge is 0.317 e. The van der Waals surface area contributed by atoms with Crippen LogP contribution in [-0.4, -0.2) is 24.0 Å². The van der Waals surface area contributed by atoms with Crippen LogP contribution in [0.25, 0.3) is 10.4 Å². The fourth-order valence-corrected chi connectivity index (χ4v) is 3.17. The summed E-state index contributed by atoms with van der Waals surface area (Å²) >= 11 is 1.51. The maximum atomic E-state index is 12.0. The van der Waals surface area contributed by atoms with Crippen molar-refractivity contribution in [2.45, 2.75) is 18.9 Å². The van der Waals surface area contributed by atoms with Crippen LogP contribution >= 0.6 is 11.3 Å². The molecule has 1 heterocycles. The van der Waals surface area contributed by atoms with Gasteiger partial charge in [-0.1, -0.05) is 41.7 Å². The van der Waals surface area contributed by atoms with E-state index in [1.165, 1.54) is 11.3 Å². The van der Waals surface area contributed by atoms with E-state index in [2.05, 4.69) is 15.6 Å². The molecule has 1 aromatic heterocycles. The number of hydrogen-bond donors (Lipinski definition) is 2. The third-order valence-electron chi connectivity index (χ3n) is 3.71. The molecule has 1 saturated carbocycles. The summed E-state index contributed by atoms with van der Waals surface area (Å²) in [5, 5.41) is 6.78. The lowest BCUT2D eigenvalue weighted by molar-refractivity contribution is -0.122. The zero-order valence-corrected chi connectivity index (χ0v) is 12.1. The van der Waals surface area contributed by atoms with Gasteiger partial charge in [-0.25, -0.2) is 4.98 Å². The van der Waals surface area contributed by atoms with Crippen molar-refractivity contribution in [2.75, 3.05) is 12.4 Å². The van der Waals surface area contributed by atoms with Crippen molar-refractivity contribution in [1.29, 1.82) is 0 Å². The molecule has 20 heavy (non-hydrogen) atoms. The number of carbonyl (C=O) groups excluding carboxylic acids is 1. The third-order valence-corrected chi connectivity index (χ3v) is 4.67. The maximum Gasteiger partial charge on any atom is 0.229 e. The summed E-state index contributed by atoms with van der Waals surface area (Å²) in [5.74, 6) is 0.210. The molecule has 2 N–H and O–H groups in total. The molecule has 2 aromatic rings. The number of carbonyl (C=O) groups is 1. The summed E-state index contributed by atoms with van der Waals surface area (Å²) in [6.07, 6.45) is 3.64. The van der Waals surface area contributed by atoms with E-state index in [1.54, 1.807) is 0 Å². The lowest BCUT2D eigenvalue weighted by Crippen LogP contribution is -2.44. The fraction of sp³-hybridized carbons (Fsp3) is 0.333. The second-order valence-corrected chi connectivity index (χ2v) is 6.07. The van der Waals surface area contributed by atoms with Gasteiger partial charge >= 0.3 is 0 Å². The molecule has 5 heteroatoms. The van der Waals surface area contributed by atoms with E-state index in [4.69, 9.17) is 0 Å². The second kappa shape index (κ2) is 5.73. The average molecular weight is 287 g/mol. The van der Waals surface area contributed by atoms with Crippen molar-refractivity contribution < 1.29 is 4.79 Å². The van der Waals surface area contributed by atoms with Crippen molar-refractivity contribution in [3.05, 3.63) is 36.5 Å². The molecule has 1 aliphatic rings. The number of benzene rings is 1. The summed E-state index contributed by atoms with van der Waals surface area (Å²) in [5.41, 5.74) is 1.13. The van der Waals surface area contributed by atoms with Crippen LogP contribution in [0.5, 0.6) is 0 Å². The van der Waals surface area contributed by atoms with Crippen molar-refractivity contribution in [2.24, 2.45) is 5.92 Å². The molecular formula is C15H17N3OS. The predicted molar refractivity (Wildman–Crippen MR) is 81.8 cm³/mol. The van der Waals surface area contributed by atoms with Crippen LogP contribution in [0.4, 0.5) is 5.13 Å². The molecule has 0 bridgehead atoms. The van der Waals surface area contributed by atoms with Crippen LogP contribution < -0.4 is 10.6 Å². The van der Waals surface area contributed by atoms with Gasteiger partial charge in [0.15, 0.2) is 5.13 Å². The highest BCUT2D eigenvalue weighted by molar-refractivity contribution is 7.19. The molecule has 3 rings (SSSR count). The van der Waals surface area contributed by atoms with Crippen LogP contribution in [0.2, 0.25) is 0 Å². The first kappa shape index (κ1) is 13.3. The Morgan fingerprint density at radius 1 is 1.30 bits per heavy atom. The molecule has 4 nitrogen and oxygen atoms in total. The van der Waals surface area contributed by atoms with E-state index in [-0.39, 0.29) is 11.8 Å². The lowest BCUT2D eigenvalue weighted by Gasteiger charge is -2.33. The topological polar surface area (TPSA) is 54.0 Å². The lowest BCUT2D eigenvalue weighted by atomic mass is 9.80. The number of thiazole rings is 1. The van der Waals surface area contributed by atoms with Crippen LogP contribution in [0.1, 0.15) is 12.8 Å². The monoisotopic (exact) mass is 287 g/mol. The minimum atomic E-state index is 0.0884. The van der Waals surface area contributed by atoms with Crippen LogP contribution in [0.15, 0.2) is 36.5 Å². The summed E-state index contributed by atoms with van der Waals surface area (Å²) in [6.45, 7) is 0. The molecule has 0 saturated heterocycles. The van der Waals surface area contributed by atoms with E-state index >= 15 is 0 Å². The van der Waals surface area contributed by atoms with E-state index in [0.717, 1.165) is 23.3 Å². The van der Waals surface area contributed by atoms with Gasteiger partial charge in [0.25, 0.3) is 0 Å². The number of nitrogens with one attached hydrogen (secondary N) is 2. The van der Waals surface area contributed by atoms with Crippen LogP contribution in [0.3, 0.4) is 0 Å². The zero-order chi connectivity index (χ0) is 13.9. The highest BCUT2D eigenvalue weighted by Crippen LogP contribution is 2.31. The van der Waals surface area contributed by atoms with E-state index < -0.39 is 0 Å². The SMILES string of the molecule is CN[C@H]1C[C@@H](C(=O)Nc2ncc(-c3ccccc3)s2)C1. The summed E-state index contributed by atoms with van der Waals surface area (Å²) < 4.78 is 0. The van der Waals surface area contributed by atoms with Gasteiger partial charge in [0.05, 0.1) is 4.88 Å². The van der Waals surface area contributed by atoms with Crippen LogP contribution in [0, 0.1) is 5.92 Å². The second-order valence-electron chi connectivity index (χ2n) is 5.04. The molecule has 0 spiro atoms. The molecule has 1 aromatic carbocycles. The highest BCUT2D eigenvalue weighted by atomic mass is 32.1. The van der Waals surface area contributed by atoms with Gasteiger partial charge in [-0.3, -0.25) is 4.79 Å². The van der Waals surface area contributed by atoms with Gasteiger partial charge in [-0.2, -0.15) is 0 Å². The highest BCUT2D eigenvalue weighted by Gasteiger charge is 2.33. The zero-order valence-electron chi connectivity index (χ0n) is 11.3. The Bertz CT molecular complexity index is 590. The first-order valence-corrected chi connectivity index (χ1v) is 7.57. The van der Waals surface area contributed by atoms with Crippen molar-refractivity contribution in [3.63, 3.8) is 0 Å².